The van der Waals surface area contributed by atoms with Gasteiger partial charge >= 0.3 is 6.18 Å². The number of nitrogens with one attached hydrogen (secondary N) is 1. The second-order valence-corrected chi connectivity index (χ2v) is 8.81. The van der Waals surface area contributed by atoms with Gasteiger partial charge in [0.2, 0.25) is 0 Å². The summed E-state index contributed by atoms with van der Waals surface area (Å²) in [5.74, 6) is -0.0820. The van der Waals surface area contributed by atoms with Gasteiger partial charge in [0, 0.05) is 25.2 Å². The SMILES string of the molecule is Cc1c(-c2ccc(F)cc2)nnc(N2CCC(CNC(=O)c3ccccc3C(F)(F)F)CC2)c1C. The molecule has 184 valence electrons. The maximum atomic E-state index is 13.3. The minimum Gasteiger partial charge on any atom is -0.355 e. The molecule has 2 aromatic carbocycles. The molecular weight excluding hydrogens is 460 g/mol. The maximum absolute atomic E-state index is 13.3. The lowest BCUT2D eigenvalue weighted by atomic mass is 9.95. The molecule has 0 atom stereocenters. The number of carbonyl (C=O) groups excluding carboxylic acids is 1. The van der Waals surface area contributed by atoms with Crippen molar-refractivity contribution in [3.05, 3.63) is 76.6 Å². The van der Waals surface area contributed by atoms with E-state index in [1.165, 1.54) is 30.3 Å². The number of piperidine rings is 1. The molecule has 0 radical (unpaired) electrons. The van der Waals surface area contributed by atoms with Crippen molar-refractivity contribution in [2.45, 2.75) is 32.9 Å². The monoisotopic (exact) mass is 486 g/mol. The molecule has 1 aliphatic heterocycles. The third-order valence-electron chi connectivity index (χ3n) is 6.56. The van der Waals surface area contributed by atoms with Gasteiger partial charge in [-0.2, -0.15) is 13.2 Å². The van der Waals surface area contributed by atoms with Gasteiger partial charge in [0.25, 0.3) is 5.91 Å². The topological polar surface area (TPSA) is 58.1 Å². The lowest BCUT2D eigenvalue weighted by molar-refractivity contribution is -0.137. The highest BCUT2D eigenvalue weighted by Gasteiger charge is 2.35. The molecule has 3 aromatic rings. The molecule has 1 fully saturated rings. The summed E-state index contributed by atoms with van der Waals surface area (Å²) in [7, 11) is 0. The Morgan fingerprint density at radius 1 is 1.00 bits per heavy atom. The summed E-state index contributed by atoms with van der Waals surface area (Å²) in [6.07, 6.45) is -3.05. The van der Waals surface area contributed by atoms with Crippen LogP contribution in [0.5, 0.6) is 0 Å². The van der Waals surface area contributed by atoms with Crippen molar-refractivity contribution < 1.29 is 22.4 Å². The molecule has 1 N–H and O–H groups in total. The predicted molar refractivity (Wildman–Crippen MR) is 126 cm³/mol. The summed E-state index contributed by atoms with van der Waals surface area (Å²) >= 11 is 0. The Morgan fingerprint density at radius 2 is 1.66 bits per heavy atom. The minimum absolute atomic E-state index is 0.154. The van der Waals surface area contributed by atoms with Crippen LogP contribution in [-0.4, -0.2) is 35.7 Å². The van der Waals surface area contributed by atoms with Crippen LogP contribution in [-0.2, 0) is 6.18 Å². The highest BCUT2D eigenvalue weighted by Crippen LogP contribution is 2.32. The van der Waals surface area contributed by atoms with E-state index in [9.17, 15) is 22.4 Å². The van der Waals surface area contributed by atoms with Gasteiger partial charge in [0.05, 0.1) is 16.8 Å². The Kier molecular flexibility index (Phi) is 7.05. The third-order valence-corrected chi connectivity index (χ3v) is 6.56. The van der Waals surface area contributed by atoms with Gasteiger partial charge in [0.1, 0.15) is 5.82 Å². The first-order chi connectivity index (χ1) is 16.6. The van der Waals surface area contributed by atoms with Crippen LogP contribution in [0.4, 0.5) is 23.4 Å². The maximum Gasteiger partial charge on any atom is 0.417 e. The normalized spacial score (nSPS) is 14.7. The van der Waals surface area contributed by atoms with Crippen LogP contribution >= 0.6 is 0 Å². The Balaban J connectivity index is 1.37. The number of hydrogen-bond donors (Lipinski definition) is 1. The lowest BCUT2D eigenvalue weighted by Gasteiger charge is -2.33. The number of amides is 1. The van der Waals surface area contributed by atoms with Crippen molar-refractivity contribution in [1.82, 2.24) is 15.5 Å². The molecule has 2 heterocycles. The number of carbonyl (C=O) groups is 1. The molecule has 1 aliphatic rings. The molecule has 0 saturated carbocycles. The number of hydrogen-bond acceptors (Lipinski definition) is 4. The van der Waals surface area contributed by atoms with E-state index in [2.05, 4.69) is 20.4 Å². The van der Waals surface area contributed by atoms with Gasteiger partial charge in [-0.1, -0.05) is 12.1 Å². The molecule has 35 heavy (non-hydrogen) atoms. The highest BCUT2D eigenvalue weighted by molar-refractivity contribution is 5.95. The van der Waals surface area contributed by atoms with Gasteiger partial charge in [0.15, 0.2) is 5.82 Å². The van der Waals surface area contributed by atoms with Crippen LogP contribution < -0.4 is 10.2 Å². The smallest absolute Gasteiger partial charge is 0.355 e. The van der Waals surface area contributed by atoms with Crippen LogP contribution in [0.15, 0.2) is 48.5 Å². The zero-order chi connectivity index (χ0) is 25.2. The molecule has 5 nitrogen and oxygen atoms in total. The minimum atomic E-state index is -4.58. The molecule has 1 aromatic heterocycles. The van der Waals surface area contributed by atoms with Crippen LogP contribution in [0, 0.1) is 25.6 Å². The number of rotatable bonds is 5. The fourth-order valence-electron chi connectivity index (χ4n) is 4.38. The average Bonchev–Trinajstić information content (AvgIpc) is 2.85. The number of aromatic nitrogens is 2. The van der Waals surface area contributed by atoms with Crippen molar-refractivity contribution in [2.75, 3.05) is 24.5 Å². The number of anilines is 1. The van der Waals surface area contributed by atoms with E-state index < -0.39 is 17.6 Å². The summed E-state index contributed by atoms with van der Waals surface area (Å²) < 4.78 is 52.8. The molecule has 4 rings (SSSR count). The van der Waals surface area contributed by atoms with Crippen molar-refractivity contribution in [3.63, 3.8) is 0 Å². The summed E-state index contributed by atoms with van der Waals surface area (Å²) in [4.78, 5) is 14.6. The van der Waals surface area contributed by atoms with E-state index in [0.717, 1.165) is 41.4 Å². The Labute approximate surface area is 201 Å². The Morgan fingerprint density at radius 3 is 2.31 bits per heavy atom. The van der Waals surface area contributed by atoms with Gasteiger partial charge < -0.3 is 10.2 Å². The standard InChI is InChI=1S/C26H26F4N4O/c1-16-17(2)24(33-32-23(16)19-7-9-20(27)10-8-19)34-13-11-18(12-14-34)15-31-25(35)21-5-3-4-6-22(21)26(28,29)30/h3-10,18H,11-15H2,1-2H3,(H,31,35). The van der Waals surface area contributed by atoms with E-state index >= 15 is 0 Å². The Hall–Kier alpha value is -3.49. The summed E-state index contributed by atoms with van der Waals surface area (Å²) in [5.41, 5.74) is 2.19. The second-order valence-electron chi connectivity index (χ2n) is 8.81. The summed E-state index contributed by atoms with van der Waals surface area (Å²) in [5, 5.41) is 11.5. The highest BCUT2D eigenvalue weighted by atomic mass is 19.4. The first-order valence-corrected chi connectivity index (χ1v) is 11.4. The van der Waals surface area contributed by atoms with E-state index in [1.54, 1.807) is 12.1 Å². The molecule has 0 aliphatic carbocycles. The second kappa shape index (κ2) is 10.0. The first kappa shape index (κ1) is 24.6. The average molecular weight is 487 g/mol. The first-order valence-electron chi connectivity index (χ1n) is 11.4. The quantitative estimate of drug-likeness (QED) is 0.480. The molecule has 0 unspecified atom stereocenters. The van der Waals surface area contributed by atoms with Crippen molar-refractivity contribution >= 4 is 11.7 Å². The van der Waals surface area contributed by atoms with E-state index in [1.807, 2.05) is 13.8 Å². The van der Waals surface area contributed by atoms with Crippen LogP contribution in [0.25, 0.3) is 11.3 Å². The fraction of sp³-hybridized carbons (Fsp3) is 0.346. The van der Waals surface area contributed by atoms with E-state index in [4.69, 9.17) is 0 Å². The largest absolute Gasteiger partial charge is 0.417 e. The number of nitrogens with zero attached hydrogens (tertiary/aromatic N) is 3. The van der Waals surface area contributed by atoms with Crippen molar-refractivity contribution in [1.29, 1.82) is 0 Å². The van der Waals surface area contributed by atoms with Crippen molar-refractivity contribution in [3.8, 4) is 11.3 Å². The molecule has 9 heteroatoms. The molecule has 1 amide bonds. The van der Waals surface area contributed by atoms with Crippen molar-refractivity contribution in [2.24, 2.45) is 5.92 Å². The lowest BCUT2D eigenvalue weighted by Crippen LogP contribution is -2.39. The van der Waals surface area contributed by atoms with E-state index in [-0.39, 0.29) is 17.3 Å². The number of alkyl halides is 3. The van der Waals surface area contributed by atoms with Gasteiger partial charge in [-0.05, 0) is 80.1 Å². The zero-order valence-electron chi connectivity index (χ0n) is 19.5. The predicted octanol–water partition coefficient (Wildman–Crippen LogP) is 5.56. The van der Waals surface area contributed by atoms with Crippen LogP contribution in [0.2, 0.25) is 0 Å². The Bertz CT molecular complexity index is 1200. The molecule has 0 bridgehead atoms. The zero-order valence-corrected chi connectivity index (χ0v) is 19.5. The number of benzene rings is 2. The number of halogens is 4. The molecule has 1 saturated heterocycles. The molecule has 0 spiro atoms. The fourth-order valence-corrected chi connectivity index (χ4v) is 4.38. The van der Waals surface area contributed by atoms with E-state index in [0.29, 0.717) is 25.3 Å². The van der Waals surface area contributed by atoms with Gasteiger partial charge in [-0.25, -0.2) is 4.39 Å². The van der Waals surface area contributed by atoms with Crippen LogP contribution in [0.1, 0.15) is 39.9 Å². The van der Waals surface area contributed by atoms with Gasteiger partial charge in [-0.15, -0.1) is 10.2 Å². The van der Waals surface area contributed by atoms with Gasteiger partial charge in [-0.3, -0.25) is 4.79 Å². The summed E-state index contributed by atoms with van der Waals surface area (Å²) in [6, 6.07) is 11.0. The summed E-state index contributed by atoms with van der Waals surface area (Å²) in [6.45, 7) is 5.66. The van der Waals surface area contributed by atoms with Crippen LogP contribution in [0.3, 0.4) is 0 Å². The third kappa shape index (κ3) is 5.44. The molecular formula is C26H26F4N4O.